The maximum Gasteiger partial charge on any atom is 0.229 e. The van der Waals surface area contributed by atoms with E-state index in [1.807, 2.05) is 75.4 Å². The molecule has 1 heterocycles. The van der Waals surface area contributed by atoms with Crippen molar-refractivity contribution < 1.29 is 4.74 Å². The van der Waals surface area contributed by atoms with E-state index in [9.17, 15) is 0 Å². The fraction of sp³-hybridized carbons (Fsp3) is 0.217. The van der Waals surface area contributed by atoms with Crippen molar-refractivity contribution in [1.29, 1.82) is 0 Å². The van der Waals surface area contributed by atoms with Crippen LogP contribution in [0.1, 0.15) is 22.5 Å². The average Bonchev–Trinajstić information content (AvgIpc) is 2.73. The third-order valence-electron chi connectivity index (χ3n) is 4.39. The van der Waals surface area contributed by atoms with Crippen LogP contribution in [0.2, 0.25) is 0 Å². The Morgan fingerprint density at radius 3 is 2.42 bits per heavy atom. The van der Waals surface area contributed by atoms with Gasteiger partial charge in [0.25, 0.3) is 0 Å². The van der Waals surface area contributed by atoms with E-state index in [1.54, 1.807) is 7.11 Å². The summed E-state index contributed by atoms with van der Waals surface area (Å²) in [5, 5.41) is 9.89. The summed E-state index contributed by atoms with van der Waals surface area (Å²) in [5.74, 6) is 1.68. The number of guanidine groups is 1. The second kappa shape index (κ2) is 10.5. The molecule has 0 saturated carbocycles. The summed E-state index contributed by atoms with van der Waals surface area (Å²) >= 11 is 5.51. The minimum absolute atomic E-state index is 0.413. The van der Waals surface area contributed by atoms with E-state index in [2.05, 4.69) is 30.9 Å². The van der Waals surface area contributed by atoms with Gasteiger partial charge in [0.05, 0.1) is 13.7 Å². The molecular formula is C23H26N6OS. The maximum absolute atomic E-state index is 5.51. The average molecular weight is 435 g/mol. The summed E-state index contributed by atoms with van der Waals surface area (Å²) in [6.45, 7) is 6.28. The Bertz CT molecular complexity index is 1080. The third kappa shape index (κ3) is 6.75. The van der Waals surface area contributed by atoms with Crippen LogP contribution in [0.15, 0.2) is 59.6 Å². The number of aryl methyl sites for hydroxylation is 3. The standard InChI is InChI=1S/C23H26N6OS/c1-15-8-5-6-11-20(15)27-23(31)29-21(28-22-25-16(2)12-17(3)26-22)24-14-18-9-7-10-19(13-18)30-4/h5-13H,14H2,1-4H3,(H3,24,25,26,27,28,29,31). The molecular weight excluding hydrogens is 408 g/mol. The largest absolute Gasteiger partial charge is 0.497 e. The van der Waals surface area contributed by atoms with Gasteiger partial charge in [-0.05, 0) is 68.4 Å². The van der Waals surface area contributed by atoms with Crippen molar-refractivity contribution in [1.82, 2.24) is 15.3 Å². The molecule has 1 aromatic heterocycles. The number of aliphatic imine (C=N–C) groups is 1. The number of aromatic nitrogens is 2. The highest BCUT2D eigenvalue weighted by molar-refractivity contribution is 7.80. The van der Waals surface area contributed by atoms with Crippen LogP contribution in [-0.2, 0) is 6.54 Å². The molecule has 31 heavy (non-hydrogen) atoms. The monoisotopic (exact) mass is 434 g/mol. The fourth-order valence-corrected chi connectivity index (χ4v) is 3.12. The summed E-state index contributed by atoms with van der Waals surface area (Å²) in [4.78, 5) is 13.5. The predicted molar refractivity (Wildman–Crippen MR) is 130 cm³/mol. The maximum atomic E-state index is 5.51. The van der Waals surface area contributed by atoms with Crippen molar-refractivity contribution in [3.8, 4) is 5.75 Å². The molecule has 0 unspecified atom stereocenters. The molecule has 0 bridgehead atoms. The first kappa shape index (κ1) is 22.2. The number of hydrogen-bond acceptors (Lipinski definition) is 5. The van der Waals surface area contributed by atoms with E-state index >= 15 is 0 Å². The molecule has 0 saturated heterocycles. The van der Waals surface area contributed by atoms with E-state index in [0.717, 1.165) is 34.0 Å². The molecule has 2 aromatic carbocycles. The molecule has 3 aromatic rings. The van der Waals surface area contributed by atoms with Crippen molar-refractivity contribution >= 4 is 34.9 Å². The van der Waals surface area contributed by atoms with Crippen LogP contribution in [0.5, 0.6) is 5.75 Å². The molecule has 0 aliphatic heterocycles. The molecule has 160 valence electrons. The fourth-order valence-electron chi connectivity index (χ4n) is 2.91. The zero-order valence-electron chi connectivity index (χ0n) is 18.1. The highest BCUT2D eigenvalue weighted by Gasteiger charge is 2.08. The zero-order valence-corrected chi connectivity index (χ0v) is 18.9. The molecule has 0 aliphatic rings. The molecule has 8 heteroatoms. The number of ether oxygens (including phenoxy) is 1. The number of nitrogens with one attached hydrogen (secondary N) is 3. The highest BCUT2D eigenvalue weighted by Crippen LogP contribution is 2.14. The Morgan fingerprint density at radius 2 is 1.71 bits per heavy atom. The smallest absolute Gasteiger partial charge is 0.229 e. The second-order valence-corrected chi connectivity index (χ2v) is 7.42. The second-order valence-electron chi connectivity index (χ2n) is 7.01. The topological polar surface area (TPSA) is 83.5 Å². The Labute approximate surface area is 188 Å². The van der Waals surface area contributed by atoms with Crippen molar-refractivity contribution in [3.05, 3.63) is 77.1 Å². The van der Waals surface area contributed by atoms with Gasteiger partial charge in [0.1, 0.15) is 5.75 Å². The van der Waals surface area contributed by atoms with Gasteiger partial charge in [-0.1, -0.05) is 30.3 Å². The van der Waals surface area contributed by atoms with E-state index in [-0.39, 0.29) is 0 Å². The molecule has 0 aliphatic carbocycles. The van der Waals surface area contributed by atoms with Crippen molar-refractivity contribution in [2.75, 3.05) is 17.7 Å². The van der Waals surface area contributed by atoms with Gasteiger partial charge in [0, 0.05) is 17.1 Å². The van der Waals surface area contributed by atoms with Crippen LogP contribution in [0.4, 0.5) is 11.6 Å². The molecule has 0 atom stereocenters. The van der Waals surface area contributed by atoms with Crippen molar-refractivity contribution in [2.45, 2.75) is 27.3 Å². The number of rotatable bonds is 5. The quantitative estimate of drug-likeness (QED) is 0.312. The van der Waals surface area contributed by atoms with Crippen LogP contribution in [0.3, 0.4) is 0 Å². The van der Waals surface area contributed by atoms with Crippen molar-refractivity contribution in [2.24, 2.45) is 4.99 Å². The van der Waals surface area contributed by atoms with Crippen LogP contribution >= 0.6 is 12.2 Å². The van der Waals surface area contributed by atoms with Gasteiger partial charge in [-0.15, -0.1) is 0 Å². The molecule has 0 spiro atoms. The zero-order chi connectivity index (χ0) is 22.2. The number of hydrogen-bond donors (Lipinski definition) is 3. The number of anilines is 2. The van der Waals surface area contributed by atoms with Gasteiger partial charge in [-0.2, -0.15) is 0 Å². The van der Waals surface area contributed by atoms with E-state index < -0.39 is 0 Å². The van der Waals surface area contributed by atoms with Crippen LogP contribution < -0.4 is 20.7 Å². The van der Waals surface area contributed by atoms with E-state index in [1.165, 1.54) is 0 Å². The van der Waals surface area contributed by atoms with Crippen molar-refractivity contribution in [3.63, 3.8) is 0 Å². The Balaban J connectivity index is 1.80. The number of nitrogens with zero attached hydrogens (tertiary/aromatic N) is 3. The van der Waals surface area contributed by atoms with Crippen LogP contribution in [0, 0.1) is 20.8 Å². The summed E-state index contributed by atoms with van der Waals surface area (Å²) < 4.78 is 5.30. The molecule has 7 nitrogen and oxygen atoms in total. The normalized spacial score (nSPS) is 11.0. The summed E-state index contributed by atoms with van der Waals surface area (Å²) in [7, 11) is 1.64. The molecule has 0 radical (unpaired) electrons. The first-order valence-electron chi connectivity index (χ1n) is 9.83. The van der Waals surface area contributed by atoms with Gasteiger partial charge in [-0.25, -0.2) is 15.0 Å². The first-order chi connectivity index (χ1) is 14.9. The van der Waals surface area contributed by atoms with Gasteiger partial charge in [0.15, 0.2) is 5.11 Å². The van der Waals surface area contributed by atoms with Gasteiger partial charge in [-0.3, -0.25) is 5.32 Å². The number of thiocarbonyl (C=S) groups is 1. The lowest BCUT2D eigenvalue weighted by atomic mass is 10.2. The molecule has 3 N–H and O–H groups in total. The summed E-state index contributed by atoms with van der Waals surface area (Å²) in [6, 6.07) is 17.6. The third-order valence-corrected chi connectivity index (χ3v) is 4.60. The Morgan fingerprint density at radius 1 is 0.968 bits per heavy atom. The lowest BCUT2D eigenvalue weighted by Gasteiger charge is -2.15. The summed E-state index contributed by atoms with van der Waals surface area (Å²) in [6.07, 6.45) is 0. The lowest BCUT2D eigenvalue weighted by Crippen LogP contribution is -2.39. The van der Waals surface area contributed by atoms with Gasteiger partial charge >= 0.3 is 0 Å². The minimum Gasteiger partial charge on any atom is -0.497 e. The molecule has 3 rings (SSSR count). The van der Waals surface area contributed by atoms with Crippen LogP contribution in [0.25, 0.3) is 0 Å². The number of para-hydroxylation sites is 1. The number of methoxy groups -OCH3 is 1. The predicted octanol–water partition coefficient (Wildman–Crippen LogP) is 4.37. The van der Waals surface area contributed by atoms with Gasteiger partial charge in [0.2, 0.25) is 11.9 Å². The first-order valence-corrected chi connectivity index (χ1v) is 10.2. The number of benzene rings is 2. The Kier molecular flexibility index (Phi) is 7.50. The van der Waals surface area contributed by atoms with Gasteiger partial charge < -0.3 is 15.4 Å². The summed E-state index contributed by atoms with van der Waals surface area (Å²) in [5.41, 5.74) is 4.74. The van der Waals surface area contributed by atoms with E-state index in [0.29, 0.717) is 23.6 Å². The van der Waals surface area contributed by atoms with E-state index in [4.69, 9.17) is 17.0 Å². The molecule has 0 amide bonds. The SMILES string of the molecule is COc1cccc(CN=C(NC(=S)Nc2ccccc2C)Nc2nc(C)cc(C)n2)c1. The molecule has 0 fully saturated rings. The van der Waals surface area contributed by atoms with Crippen LogP contribution in [-0.4, -0.2) is 28.1 Å². The Hall–Kier alpha value is -3.52. The lowest BCUT2D eigenvalue weighted by molar-refractivity contribution is 0.414. The minimum atomic E-state index is 0.413. The highest BCUT2D eigenvalue weighted by atomic mass is 32.1.